The Labute approximate surface area is 101 Å². The van der Waals surface area contributed by atoms with Crippen LogP contribution in [0, 0.1) is 5.92 Å². The highest BCUT2D eigenvalue weighted by Gasteiger charge is 2.34. The maximum absolute atomic E-state index is 12.2. The van der Waals surface area contributed by atoms with E-state index >= 15 is 0 Å². The van der Waals surface area contributed by atoms with E-state index in [1.54, 1.807) is 0 Å². The normalized spacial score (nSPS) is 22.2. The van der Waals surface area contributed by atoms with Crippen molar-refractivity contribution in [3.8, 4) is 0 Å². The molecule has 17 heavy (non-hydrogen) atoms. The summed E-state index contributed by atoms with van der Waals surface area (Å²) in [6.45, 7) is 3.34. The quantitative estimate of drug-likeness (QED) is 0.652. The number of rotatable bonds is 5. The molecule has 1 aliphatic rings. The SMILES string of the molecule is CCCC(CN)C(=O)N1CCOCC1C(N)=O. The molecular formula is C11H21N3O3. The molecule has 2 unspecified atom stereocenters. The minimum Gasteiger partial charge on any atom is -0.377 e. The smallest absolute Gasteiger partial charge is 0.242 e. The summed E-state index contributed by atoms with van der Waals surface area (Å²) in [4.78, 5) is 25.0. The van der Waals surface area contributed by atoms with E-state index in [0.29, 0.717) is 19.7 Å². The number of nitrogens with zero attached hydrogens (tertiary/aromatic N) is 1. The van der Waals surface area contributed by atoms with Gasteiger partial charge in [-0.1, -0.05) is 13.3 Å². The van der Waals surface area contributed by atoms with Crippen molar-refractivity contribution in [2.24, 2.45) is 17.4 Å². The largest absolute Gasteiger partial charge is 0.377 e. The minimum atomic E-state index is -0.651. The topological polar surface area (TPSA) is 98.7 Å². The number of carbonyl (C=O) groups is 2. The molecule has 1 fully saturated rings. The Bertz CT molecular complexity index is 283. The Hall–Kier alpha value is -1.14. The Balaban J connectivity index is 2.73. The zero-order valence-corrected chi connectivity index (χ0v) is 10.2. The first kappa shape index (κ1) is 13.9. The van der Waals surface area contributed by atoms with Crippen LogP contribution in [-0.4, -0.2) is 49.1 Å². The Morgan fingerprint density at radius 1 is 1.53 bits per heavy atom. The van der Waals surface area contributed by atoms with Gasteiger partial charge in [0.15, 0.2) is 0 Å². The van der Waals surface area contributed by atoms with Crippen molar-refractivity contribution in [1.29, 1.82) is 0 Å². The lowest BCUT2D eigenvalue weighted by molar-refractivity contribution is -0.150. The standard InChI is InChI=1S/C11H21N3O3/c1-2-3-8(6-12)11(16)14-4-5-17-7-9(14)10(13)15/h8-9H,2-7,12H2,1H3,(H2,13,15). The molecule has 0 bridgehead atoms. The lowest BCUT2D eigenvalue weighted by atomic mass is 10.0. The van der Waals surface area contributed by atoms with Crippen molar-refractivity contribution in [1.82, 2.24) is 4.90 Å². The molecule has 4 N–H and O–H groups in total. The van der Waals surface area contributed by atoms with Crippen LogP contribution in [0.25, 0.3) is 0 Å². The van der Waals surface area contributed by atoms with Crippen molar-refractivity contribution < 1.29 is 14.3 Å². The molecule has 98 valence electrons. The number of hydrogen-bond donors (Lipinski definition) is 2. The molecule has 6 nitrogen and oxygen atoms in total. The van der Waals surface area contributed by atoms with E-state index in [1.807, 2.05) is 6.92 Å². The number of carbonyl (C=O) groups excluding carboxylic acids is 2. The summed E-state index contributed by atoms with van der Waals surface area (Å²) in [6, 6.07) is -0.651. The highest BCUT2D eigenvalue weighted by atomic mass is 16.5. The first-order valence-electron chi connectivity index (χ1n) is 5.99. The fourth-order valence-electron chi connectivity index (χ4n) is 2.03. The first-order valence-corrected chi connectivity index (χ1v) is 5.99. The maximum Gasteiger partial charge on any atom is 0.242 e. The van der Waals surface area contributed by atoms with E-state index in [1.165, 1.54) is 4.90 Å². The van der Waals surface area contributed by atoms with E-state index in [9.17, 15) is 9.59 Å². The summed E-state index contributed by atoms with van der Waals surface area (Å²) < 4.78 is 5.17. The lowest BCUT2D eigenvalue weighted by Crippen LogP contribution is -2.56. The van der Waals surface area contributed by atoms with Crippen LogP contribution in [0.3, 0.4) is 0 Å². The maximum atomic E-state index is 12.2. The third-order valence-corrected chi connectivity index (χ3v) is 3.01. The van der Waals surface area contributed by atoms with Crippen LogP contribution in [0.4, 0.5) is 0 Å². The van der Waals surface area contributed by atoms with Gasteiger partial charge in [-0.2, -0.15) is 0 Å². The summed E-state index contributed by atoms with van der Waals surface area (Å²) in [5.74, 6) is -0.827. The van der Waals surface area contributed by atoms with Crippen molar-refractivity contribution >= 4 is 11.8 Å². The molecule has 0 aromatic heterocycles. The minimum absolute atomic E-state index is 0.0820. The monoisotopic (exact) mass is 243 g/mol. The van der Waals surface area contributed by atoms with Gasteiger partial charge >= 0.3 is 0 Å². The molecule has 0 aromatic carbocycles. The molecule has 2 amide bonds. The van der Waals surface area contributed by atoms with Gasteiger partial charge in [-0.15, -0.1) is 0 Å². The van der Waals surface area contributed by atoms with E-state index in [0.717, 1.165) is 12.8 Å². The van der Waals surface area contributed by atoms with Gasteiger partial charge in [-0.05, 0) is 6.42 Å². The lowest BCUT2D eigenvalue weighted by Gasteiger charge is -2.35. The molecule has 0 saturated carbocycles. The number of hydrogen-bond acceptors (Lipinski definition) is 4. The third kappa shape index (κ3) is 3.41. The fourth-order valence-corrected chi connectivity index (χ4v) is 2.03. The second-order valence-electron chi connectivity index (χ2n) is 4.25. The van der Waals surface area contributed by atoms with Crippen LogP contribution < -0.4 is 11.5 Å². The van der Waals surface area contributed by atoms with Gasteiger partial charge in [-0.25, -0.2) is 0 Å². The van der Waals surface area contributed by atoms with Gasteiger partial charge in [0, 0.05) is 13.1 Å². The summed E-state index contributed by atoms with van der Waals surface area (Å²) >= 11 is 0. The van der Waals surface area contributed by atoms with E-state index in [2.05, 4.69) is 0 Å². The number of morpholine rings is 1. The van der Waals surface area contributed by atoms with Crippen LogP contribution in [-0.2, 0) is 14.3 Å². The second kappa shape index (κ2) is 6.56. The summed E-state index contributed by atoms with van der Waals surface area (Å²) in [6.07, 6.45) is 1.62. The average Bonchev–Trinajstić information content (AvgIpc) is 2.35. The first-order chi connectivity index (χ1) is 8.11. The molecule has 1 aliphatic heterocycles. The van der Waals surface area contributed by atoms with Crippen LogP contribution in [0.1, 0.15) is 19.8 Å². The van der Waals surface area contributed by atoms with Crippen molar-refractivity contribution in [2.45, 2.75) is 25.8 Å². The third-order valence-electron chi connectivity index (χ3n) is 3.01. The molecular weight excluding hydrogens is 222 g/mol. The zero-order chi connectivity index (χ0) is 12.8. The van der Waals surface area contributed by atoms with Crippen LogP contribution >= 0.6 is 0 Å². The molecule has 0 aromatic rings. The average molecular weight is 243 g/mol. The van der Waals surface area contributed by atoms with Gasteiger partial charge in [0.2, 0.25) is 11.8 Å². The molecule has 0 radical (unpaired) electrons. The van der Waals surface area contributed by atoms with E-state index in [4.69, 9.17) is 16.2 Å². The molecule has 6 heteroatoms. The van der Waals surface area contributed by atoms with Gasteiger partial charge in [0.1, 0.15) is 6.04 Å². The van der Waals surface area contributed by atoms with E-state index in [-0.39, 0.29) is 18.4 Å². The number of nitrogens with two attached hydrogens (primary N) is 2. The molecule has 2 atom stereocenters. The zero-order valence-electron chi connectivity index (χ0n) is 10.2. The number of primary amides is 1. The van der Waals surface area contributed by atoms with Crippen molar-refractivity contribution in [2.75, 3.05) is 26.3 Å². The fraction of sp³-hybridized carbons (Fsp3) is 0.818. The van der Waals surface area contributed by atoms with Crippen molar-refractivity contribution in [3.05, 3.63) is 0 Å². The molecule has 1 saturated heterocycles. The summed E-state index contributed by atoms with van der Waals surface area (Å²) in [7, 11) is 0. The second-order valence-corrected chi connectivity index (χ2v) is 4.25. The predicted octanol–water partition coefficient (Wildman–Crippen LogP) is -0.926. The Morgan fingerprint density at radius 2 is 2.24 bits per heavy atom. The number of amides is 2. The Kier molecular flexibility index (Phi) is 5.37. The van der Waals surface area contributed by atoms with Gasteiger partial charge in [0.25, 0.3) is 0 Å². The van der Waals surface area contributed by atoms with Gasteiger partial charge in [-0.3, -0.25) is 9.59 Å². The summed E-state index contributed by atoms with van der Waals surface area (Å²) in [5, 5.41) is 0. The summed E-state index contributed by atoms with van der Waals surface area (Å²) in [5.41, 5.74) is 10.9. The molecule has 0 spiro atoms. The predicted molar refractivity (Wildman–Crippen MR) is 63.0 cm³/mol. The van der Waals surface area contributed by atoms with Crippen LogP contribution in [0.15, 0.2) is 0 Å². The highest BCUT2D eigenvalue weighted by molar-refractivity contribution is 5.88. The van der Waals surface area contributed by atoms with Gasteiger partial charge in [0.05, 0.1) is 19.1 Å². The van der Waals surface area contributed by atoms with E-state index < -0.39 is 11.9 Å². The number of ether oxygens (including phenoxy) is 1. The molecule has 1 heterocycles. The van der Waals surface area contributed by atoms with Crippen LogP contribution in [0.5, 0.6) is 0 Å². The highest BCUT2D eigenvalue weighted by Crippen LogP contribution is 2.14. The Morgan fingerprint density at radius 3 is 2.76 bits per heavy atom. The van der Waals surface area contributed by atoms with Gasteiger partial charge < -0.3 is 21.1 Å². The molecule has 0 aliphatic carbocycles. The molecule has 1 rings (SSSR count). The van der Waals surface area contributed by atoms with Crippen LogP contribution in [0.2, 0.25) is 0 Å². The van der Waals surface area contributed by atoms with Crippen molar-refractivity contribution in [3.63, 3.8) is 0 Å².